The van der Waals surface area contributed by atoms with E-state index in [9.17, 15) is 4.79 Å². The van der Waals surface area contributed by atoms with Gasteiger partial charge in [-0.3, -0.25) is 9.89 Å². The van der Waals surface area contributed by atoms with Crippen molar-refractivity contribution in [3.05, 3.63) is 76.6 Å². The quantitative estimate of drug-likeness (QED) is 0.745. The molecule has 0 aliphatic rings. The second kappa shape index (κ2) is 4.61. The highest BCUT2D eigenvalue weighted by Gasteiger charge is 2.06. The Balaban J connectivity index is 2.10. The van der Waals surface area contributed by atoms with Crippen LogP contribution in [-0.4, -0.2) is 9.78 Å². The molecule has 0 aliphatic heterocycles. The van der Waals surface area contributed by atoms with Crippen molar-refractivity contribution in [3.63, 3.8) is 0 Å². The first-order valence-electron chi connectivity index (χ1n) is 6.18. The minimum absolute atomic E-state index is 0.0530. The maximum absolute atomic E-state index is 12.0. The summed E-state index contributed by atoms with van der Waals surface area (Å²) in [5, 5.41) is 3.15. The van der Waals surface area contributed by atoms with Crippen molar-refractivity contribution in [1.29, 1.82) is 0 Å². The molecule has 0 saturated carbocycles. The van der Waals surface area contributed by atoms with E-state index >= 15 is 0 Å². The van der Waals surface area contributed by atoms with Crippen LogP contribution in [0.1, 0.15) is 5.56 Å². The lowest BCUT2D eigenvalue weighted by molar-refractivity contribution is 0.852. The van der Waals surface area contributed by atoms with Gasteiger partial charge in [0.25, 0.3) is 5.56 Å². The third-order valence-electron chi connectivity index (χ3n) is 3.06. The maximum atomic E-state index is 12.0. The van der Waals surface area contributed by atoms with Gasteiger partial charge in [0.2, 0.25) is 0 Å². The van der Waals surface area contributed by atoms with Crippen LogP contribution in [0, 0.1) is 6.92 Å². The van der Waals surface area contributed by atoms with E-state index in [-0.39, 0.29) is 5.56 Å². The zero-order valence-corrected chi connectivity index (χ0v) is 10.6. The van der Waals surface area contributed by atoms with Crippen LogP contribution in [0.4, 0.5) is 0 Å². The van der Waals surface area contributed by atoms with Gasteiger partial charge in [-0.05, 0) is 30.7 Å². The molecule has 0 bridgehead atoms. The van der Waals surface area contributed by atoms with Crippen LogP contribution in [0.5, 0.6) is 0 Å². The Labute approximate surface area is 111 Å². The molecule has 3 heteroatoms. The number of rotatable bonds is 2. The van der Waals surface area contributed by atoms with Crippen LogP contribution in [-0.2, 0) is 0 Å². The van der Waals surface area contributed by atoms with E-state index < -0.39 is 0 Å². The van der Waals surface area contributed by atoms with E-state index in [0.717, 1.165) is 16.9 Å². The number of aromatic nitrogens is 2. The van der Waals surface area contributed by atoms with Gasteiger partial charge in [-0.2, -0.15) is 0 Å². The zero-order chi connectivity index (χ0) is 13.2. The predicted octanol–water partition coefficient (Wildman–Crippen LogP) is 3.14. The summed E-state index contributed by atoms with van der Waals surface area (Å²) in [6.45, 7) is 2.04. The molecule has 0 aliphatic carbocycles. The Morgan fingerprint density at radius 1 is 0.947 bits per heavy atom. The van der Waals surface area contributed by atoms with E-state index in [1.54, 1.807) is 10.7 Å². The Kier molecular flexibility index (Phi) is 2.80. The molecule has 3 nitrogen and oxygen atoms in total. The fraction of sp³-hybridized carbons (Fsp3) is 0.0625. The number of benzene rings is 2. The van der Waals surface area contributed by atoms with Crippen LogP contribution in [0.3, 0.4) is 0 Å². The van der Waals surface area contributed by atoms with Crippen molar-refractivity contribution in [2.75, 3.05) is 0 Å². The number of hydrogen-bond acceptors (Lipinski definition) is 1. The smallest absolute Gasteiger partial charge is 0.271 e. The number of nitrogens with one attached hydrogen (secondary N) is 1. The molecule has 1 aromatic heterocycles. The SMILES string of the molecule is Cc1cccc(-c2cc(=O)n(-c3ccccc3)[nH]2)c1. The number of hydrogen-bond donors (Lipinski definition) is 1. The average molecular weight is 250 g/mol. The summed E-state index contributed by atoms with van der Waals surface area (Å²) in [6.07, 6.45) is 0. The molecule has 0 atom stereocenters. The number of nitrogens with zero attached hydrogens (tertiary/aromatic N) is 1. The van der Waals surface area contributed by atoms with Crippen molar-refractivity contribution in [1.82, 2.24) is 9.78 Å². The van der Waals surface area contributed by atoms with Crippen molar-refractivity contribution < 1.29 is 0 Å². The number of aromatic amines is 1. The fourth-order valence-corrected chi connectivity index (χ4v) is 2.13. The van der Waals surface area contributed by atoms with E-state index in [1.165, 1.54) is 5.56 Å². The van der Waals surface area contributed by atoms with Crippen molar-refractivity contribution in [2.45, 2.75) is 6.92 Å². The van der Waals surface area contributed by atoms with Gasteiger partial charge in [0, 0.05) is 6.07 Å². The molecular weight excluding hydrogens is 236 g/mol. The first kappa shape index (κ1) is 11.5. The van der Waals surface area contributed by atoms with Gasteiger partial charge in [-0.15, -0.1) is 0 Å². The summed E-state index contributed by atoms with van der Waals surface area (Å²) in [7, 11) is 0. The second-order valence-electron chi connectivity index (χ2n) is 4.55. The fourth-order valence-electron chi connectivity index (χ4n) is 2.13. The lowest BCUT2D eigenvalue weighted by atomic mass is 10.1. The minimum Gasteiger partial charge on any atom is -0.290 e. The number of H-pyrrole nitrogens is 1. The van der Waals surface area contributed by atoms with Gasteiger partial charge in [0.1, 0.15) is 0 Å². The monoisotopic (exact) mass is 250 g/mol. The molecule has 3 rings (SSSR count). The number of para-hydroxylation sites is 1. The Morgan fingerprint density at radius 2 is 1.74 bits per heavy atom. The van der Waals surface area contributed by atoms with Gasteiger partial charge < -0.3 is 0 Å². The van der Waals surface area contributed by atoms with E-state index in [4.69, 9.17) is 0 Å². The Hall–Kier alpha value is -2.55. The van der Waals surface area contributed by atoms with E-state index in [0.29, 0.717) is 0 Å². The van der Waals surface area contributed by atoms with Crippen LogP contribution >= 0.6 is 0 Å². The highest BCUT2D eigenvalue weighted by Crippen LogP contribution is 2.17. The summed E-state index contributed by atoms with van der Waals surface area (Å²) < 4.78 is 1.55. The molecule has 0 saturated heterocycles. The third-order valence-corrected chi connectivity index (χ3v) is 3.06. The summed E-state index contributed by atoms with van der Waals surface area (Å²) in [4.78, 5) is 12.0. The summed E-state index contributed by atoms with van der Waals surface area (Å²) in [6, 6.07) is 19.3. The zero-order valence-electron chi connectivity index (χ0n) is 10.6. The Morgan fingerprint density at radius 3 is 2.47 bits per heavy atom. The van der Waals surface area contributed by atoms with E-state index in [1.807, 2.05) is 55.5 Å². The van der Waals surface area contributed by atoms with Crippen LogP contribution in [0.2, 0.25) is 0 Å². The van der Waals surface area contributed by atoms with Crippen molar-refractivity contribution >= 4 is 0 Å². The van der Waals surface area contributed by atoms with Gasteiger partial charge >= 0.3 is 0 Å². The topological polar surface area (TPSA) is 37.8 Å². The lowest BCUT2D eigenvalue weighted by Crippen LogP contribution is -2.12. The molecular formula is C16H14N2O. The third kappa shape index (κ3) is 2.22. The van der Waals surface area contributed by atoms with Crippen molar-refractivity contribution in [2.24, 2.45) is 0 Å². The summed E-state index contributed by atoms with van der Waals surface area (Å²) >= 11 is 0. The maximum Gasteiger partial charge on any atom is 0.271 e. The number of aryl methyl sites for hydroxylation is 1. The first-order valence-corrected chi connectivity index (χ1v) is 6.18. The first-order chi connectivity index (χ1) is 9.24. The highest BCUT2D eigenvalue weighted by molar-refractivity contribution is 5.59. The average Bonchev–Trinajstić information content (AvgIpc) is 2.82. The lowest BCUT2D eigenvalue weighted by Gasteiger charge is -2.02. The summed E-state index contributed by atoms with van der Waals surface area (Å²) in [5.74, 6) is 0. The highest BCUT2D eigenvalue weighted by atomic mass is 16.1. The minimum atomic E-state index is -0.0530. The molecule has 3 aromatic rings. The molecule has 1 N–H and O–H groups in total. The summed E-state index contributed by atoms with van der Waals surface area (Å²) in [5.41, 5.74) is 3.81. The molecule has 0 unspecified atom stereocenters. The van der Waals surface area contributed by atoms with Crippen LogP contribution in [0.15, 0.2) is 65.5 Å². The van der Waals surface area contributed by atoms with Gasteiger partial charge in [0.15, 0.2) is 0 Å². The molecule has 0 amide bonds. The largest absolute Gasteiger partial charge is 0.290 e. The molecule has 1 heterocycles. The normalized spacial score (nSPS) is 10.6. The molecule has 0 radical (unpaired) electrons. The molecule has 19 heavy (non-hydrogen) atoms. The van der Waals surface area contributed by atoms with Crippen LogP contribution in [0.25, 0.3) is 16.9 Å². The van der Waals surface area contributed by atoms with E-state index in [2.05, 4.69) is 11.2 Å². The van der Waals surface area contributed by atoms with Gasteiger partial charge in [0.05, 0.1) is 11.4 Å². The molecule has 94 valence electrons. The molecule has 0 spiro atoms. The van der Waals surface area contributed by atoms with Crippen molar-refractivity contribution in [3.8, 4) is 16.9 Å². The predicted molar refractivity (Wildman–Crippen MR) is 76.6 cm³/mol. The van der Waals surface area contributed by atoms with Crippen LogP contribution < -0.4 is 5.56 Å². The molecule has 2 aromatic carbocycles. The Bertz CT molecular complexity index is 754. The van der Waals surface area contributed by atoms with Gasteiger partial charge in [-0.25, -0.2) is 4.68 Å². The van der Waals surface area contributed by atoms with Gasteiger partial charge in [-0.1, -0.05) is 42.0 Å². The standard InChI is InChI=1S/C16H14N2O/c1-12-6-5-7-13(10-12)15-11-16(19)18(17-15)14-8-3-2-4-9-14/h2-11,17H,1H3. The second-order valence-corrected chi connectivity index (χ2v) is 4.55. The molecule has 0 fully saturated rings.